The number of carbonyl (C=O) groups excluding carboxylic acids is 4. The van der Waals surface area contributed by atoms with Crippen LogP contribution in [0.1, 0.15) is 24.0 Å². The summed E-state index contributed by atoms with van der Waals surface area (Å²) in [6, 6.07) is 19.4. The van der Waals surface area contributed by atoms with Crippen LogP contribution in [0.3, 0.4) is 0 Å². The molecule has 0 spiro atoms. The maximum Gasteiger partial charge on any atom is 0.343 e. The van der Waals surface area contributed by atoms with Gasteiger partial charge in [0, 0.05) is 23.1 Å². The average molecular weight is 500 g/mol. The molecule has 2 aromatic carbocycles. The van der Waals surface area contributed by atoms with Crippen LogP contribution in [-0.2, 0) is 30.5 Å². The van der Waals surface area contributed by atoms with Gasteiger partial charge in [-0.05, 0) is 50.2 Å². The van der Waals surface area contributed by atoms with Crippen molar-refractivity contribution in [2.24, 2.45) is 0 Å². The SMILES string of the molecule is COC(=O)C1=C(C)N(c2ccc(C)cc2)C(=Cc2ccc(CNC(=O)C(=O)Nc3ccccc3)o2)C1=O. The first-order valence-corrected chi connectivity index (χ1v) is 11.4. The van der Waals surface area contributed by atoms with Gasteiger partial charge in [-0.1, -0.05) is 35.9 Å². The maximum atomic E-state index is 13.2. The molecule has 2 N–H and O–H groups in total. The number of hydrogen-bond acceptors (Lipinski definition) is 7. The van der Waals surface area contributed by atoms with E-state index in [0.29, 0.717) is 28.6 Å². The molecule has 3 aromatic rings. The molecule has 0 unspecified atom stereocenters. The lowest BCUT2D eigenvalue weighted by atomic mass is 10.1. The van der Waals surface area contributed by atoms with E-state index in [0.717, 1.165) is 5.56 Å². The number of rotatable bonds is 6. The van der Waals surface area contributed by atoms with E-state index < -0.39 is 23.6 Å². The second-order valence-corrected chi connectivity index (χ2v) is 8.29. The fourth-order valence-corrected chi connectivity index (χ4v) is 3.84. The second-order valence-electron chi connectivity index (χ2n) is 8.29. The largest absolute Gasteiger partial charge is 0.465 e. The summed E-state index contributed by atoms with van der Waals surface area (Å²) in [5, 5.41) is 5.00. The molecule has 2 amide bonds. The Morgan fingerprint density at radius 2 is 1.65 bits per heavy atom. The minimum Gasteiger partial charge on any atom is -0.465 e. The molecule has 0 aliphatic carbocycles. The number of amides is 2. The summed E-state index contributed by atoms with van der Waals surface area (Å²) in [5.41, 5.74) is 2.85. The number of methoxy groups -OCH3 is 1. The van der Waals surface area contributed by atoms with E-state index in [1.165, 1.54) is 13.2 Å². The molecule has 2 heterocycles. The van der Waals surface area contributed by atoms with Crippen molar-refractivity contribution in [2.75, 3.05) is 17.3 Å². The zero-order chi connectivity index (χ0) is 26.5. The van der Waals surface area contributed by atoms with Crippen molar-refractivity contribution in [3.05, 3.63) is 101 Å². The number of aryl methyl sites for hydroxylation is 1. The van der Waals surface area contributed by atoms with Crippen molar-refractivity contribution in [3.8, 4) is 0 Å². The van der Waals surface area contributed by atoms with Crippen LogP contribution in [0.2, 0.25) is 0 Å². The van der Waals surface area contributed by atoms with Gasteiger partial charge in [-0.2, -0.15) is 0 Å². The number of nitrogens with zero attached hydrogens (tertiary/aromatic N) is 1. The summed E-state index contributed by atoms with van der Waals surface area (Å²) in [7, 11) is 1.22. The lowest BCUT2D eigenvalue weighted by Crippen LogP contribution is -2.34. The number of esters is 1. The number of furan rings is 1. The molecule has 1 aliphatic rings. The lowest BCUT2D eigenvalue weighted by molar-refractivity contribution is -0.137. The normalized spacial score (nSPS) is 14.2. The van der Waals surface area contributed by atoms with Crippen LogP contribution in [0, 0.1) is 6.92 Å². The third kappa shape index (κ3) is 5.51. The first-order chi connectivity index (χ1) is 17.8. The van der Waals surface area contributed by atoms with Crippen LogP contribution in [0.4, 0.5) is 11.4 Å². The molecule has 4 rings (SSSR count). The summed E-state index contributed by atoms with van der Waals surface area (Å²) in [6.07, 6.45) is 1.52. The molecule has 9 heteroatoms. The van der Waals surface area contributed by atoms with Crippen LogP contribution >= 0.6 is 0 Å². The van der Waals surface area contributed by atoms with Crippen LogP contribution in [0.5, 0.6) is 0 Å². The number of hydrogen-bond donors (Lipinski definition) is 2. The highest BCUT2D eigenvalue weighted by Gasteiger charge is 2.38. The molecule has 0 radical (unpaired) electrons. The van der Waals surface area contributed by atoms with Gasteiger partial charge in [0.1, 0.15) is 17.1 Å². The summed E-state index contributed by atoms with van der Waals surface area (Å²) < 4.78 is 10.6. The highest BCUT2D eigenvalue weighted by molar-refractivity contribution is 6.39. The minimum absolute atomic E-state index is 0.0372. The number of ether oxygens (including phenoxy) is 1. The summed E-state index contributed by atoms with van der Waals surface area (Å²) in [6.45, 7) is 3.59. The molecule has 0 saturated heterocycles. The van der Waals surface area contributed by atoms with E-state index in [4.69, 9.17) is 9.15 Å². The van der Waals surface area contributed by atoms with Crippen LogP contribution < -0.4 is 15.5 Å². The van der Waals surface area contributed by atoms with Crippen molar-refractivity contribution < 1.29 is 28.3 Å². The molecule has 188 valence electrons. The summed E-state index contributed by atoms with van der Waals surface area (Å²) >= 11 is 0. The number of ketones is 1. The Morgan fingerprint density at radius 3 is 2.32 bits per heavy atom. The highest BCUT2D eigenvalue weighted by atomic mass is 16.5. The van der Waals surface area contributed by atoms with Crippen LogP contribution in [0.25, 0.3) is 6.08 Å². The van der Waals surface area contributed by atoms with Crippen LogP contribution in [-0.4, -0.2) is 30.7 Å². The third-order valence-corrected chi connectivity index (χ3v) is 5.70. The molecular weight excluding hydrogens is 474 g/mol. The predicted molar refractivity (Wildman–Crippen MR) is 137 cm³/mol. The molecule has 0 saturated carbocycles. The zero-order valence-corrected chi connectivity index (χ0v) is 20.5. The average Bonchev–Trinajstić information content (AvgIpc) is 3.45. The van der Waals surface area contributed by atoms with Gasteiger partial charge in [-0.3, -0.25) is 14.4 Å². The molecule has 1 aliphatic heterocycles. The monoisotopic (exact) mass is 499 g/mol. The Balaban J connectivity index is 1.51. The van der Waals surface area contributed by atoms with Crippen molar-refractivity contribution in [2.45, 2.75) is 20.4 Å². The number of allylic oxidation sites excluding steroid dienone is 2. The number of anilines is 2. The standard InChI is InChI=1S/C28H25N3O6/c1-17-9-11-20(12-10-17)31-18(2)24(28(35)36-3)25(32)23(31)15-21-13-14-22(37-21)16-29-26(33)27(34)30-19-7-5-4-6-8-19/h4-15H,16H2,1-3H3,(H,29,33)(H,30,34). The van der Waals surface area contributed by atoms with E-state index >= 15 is 0 Å². The van der Waals surface area contributed by atoms with E-state index in [9.17, 15) is 19.2 Å². The van der Waals surface area contributed by atoms with Gasteiger partial charge in [0.05, 0.1) is 19.4 Å². The lowest BCUT2D eigenvalue weighted by Gasteiger charge is -2.21. The Morgan fingerprint density at radius 1 is 0.946 bits per heavy atom. The van der Waals surface area contributed by atoms with E-state index in [1.54, 1.807) is 54.3 Å². The van der Waals surface area contributed by atoms with E-state index in [-0.39, 0.29) is 17.8 Å². The van der Waals surface area contributed by atoms with E-state index in [2.05, 4.69) is 10.6 Å². The third-order valence-electron chi connectivity index (χ3n) is 5.70. The number of nitrogens with one attached hydrogen (secondary N) is 2. The summed E-state index contributed by atoms with van der Waals surface area (Å²) in [5.74, 6) is -2.13. The number of Topliss-reactive ketones (excluding diaryl/α,β-unsaturated/α-hetero) is 1. The summed E-state index contributed by atoms with van der Waals surface area (Å²) in [4.78, 5) is 51.5. The van der Waals surface area contributed by atoms with Gasteiger partial charge in [0.15, 0.2) is 0 Å². The minimum atomic E-state index is -0.820. The number of benzene rings is 2. The molecule has 0 bridgehead atoms. The number of para-hydroxylation sites is 1. The maximum absolute atomic E-state index is 13.2. The second kappa shape index (κ2) is 10.8. The Kier molecular flexibility index (Phi) is 7.34. The highest BCUT2D eigenvalue weighted by Crippen LogP contribution is 2.35. The first kappa shape index (κ1) is 25.2. The Hall–Kier alpha value is -4.92. The topological polar surface area (TPSA) is 118 Å². The quantitative estimate of drug-likeness (QED) is 0.230. The van der Waals surface area contributed by atoms with Gasteiger partial charge < -0.3 is 24.7 Å². The van der Waals surface area contributed by atoms with Gasteiger partial charge in [-0.25, -0.2) is 4.79 Å². The molecule has 0 fully saturated rings. The molecule has 1 aromatic heterocycles. The predicted octanol–water partition coefficient (Wildman–Crippen LogP) is 3.72. The fourth-order valence-electron chi connectivity index (χ4n) is 3.84. The fraction of sp³-hybridized carbons (Fsp3) is 0.143. The van der Waals surface area contributed by atoms with Crippen LogP contribution in [0.15, 0.2) is 88.1 Å². The van der Waals surface area contributed by atoms with Gasteiger partial charge in [0.2, 0.25) is 5.78 Å². The zero-order valence-electron chi connectivity index (χ0n) is 20.5. The molecule has 37 heavy (non-hydrogen) atoms. The van der Waals surface area contributed by atoms with Gasteiger partial charge in [0.25, 0.3) is 0 Å². The Labute approximate surface area is 213 Å². The number of carbonyl (C=O) groups is 4. The van der Waals surface area contributed by atoms with Crippen molar-refractivity contribution in [1.29, 1.82) is 0 Å². The van der Waals surface area contributed by atoms with Crippen molar-refractivity contribution >= 4 is 41.0 Å². The first-order valence-electron chi connectivity index (χ1n) is 11.4. The van der Waals surface area contributed by atoms with Gasteiger partial charge in [-0.15, -0.1) is 0 Å². The molecular formula is C28H25N3O6. The smallest absolute Gasteiger partial charge is 0.343 e. The van der Waals surface area contributed by atoms with Crippen molar-refractivity contribution in [1.82, 2.24) is 5.32 Å². The molecule has 0 atom stereocenters. The van der Waals surface area contributed by atoms with E-state index in [1.807, 2.05) is 31.2 Å². The Bertz CT molecular complexity index is 1420. The molecule has 9 nitrogen and oxygen atoms in total. The van der Waals surface area contributed by atoms with Gasteiger partial charge >= 0.3 is 17.8 Å². The van der Waals surface area contributed by atoms with Crippen molar-refractivity contribution in [3.63, 3.8) is 0 Å².